The normalized spacial score (nSPS) is 15.6. The van der Waals surface area contributed by atoms with Crippen molar-refractivity contribution >= 4 is 33.0 Å². The first-order valence-corrected chi connectivity index (χ1v) is 10.4. The van der Waals surface area contributed by atoms with Crippen molar-refractivity contribution in [2.24, 2.45) is 0 Å². The number of benzene rings is 2. The van der Waals surface area contributed by atoms with Gasteiger partial charge in [0.25, 0.3) is 0 Å². The quantitative estimate of drug-likeness (QED) is 0.692. The number of methoxy groups -OCH3 is 1. The van der Waals surface area contributed by atoms with E-state index in [-0.39, 0.29) is 5.91 Å². The maximum atomic E-state index is 12.4. The largest absolute Gasteiger partial charge is 0.497 e. The number of carbonyl (C=O) groups is 1. The Hall–Kier alpha value is -2.41. The molecule has 1 saturated heterocycles. The third-order valence-corrected chi connectivity index (χ3v) is 6.15. The van der Waals surface area contributed by atoms with Gasteiger partial charge in [-0.25, -0.2) is 0 Å². The van der Waals surface area contributed by atoms with Crippen molar-refractivity contribution in [3.05, 3.63) is 59.5 Å². The number of rotatable bonds is 6. The third-order valence-electron chi connectivity index (χ3n) is 5.14. The number of anilines is 1. The van der Waals surface area contributed by atoms with E-state index in [1.165, 1.54) is 15.6 Å². The van der Waals surface area contributed by atoms with Gasteiger partial charge in [-0.1, -0.05) is 24.3 Å². The molecule has 1 fully saturated rings. The van der Waals surface area contributed by atoms with Crippen LogP contribution < -0.4 is 10.1 Å². The lowest BCUT2D eigenvalue weighted by molar-refractivity contribution is -0.117. The lowest BCUT2D eigenvalue weighted by atomic mass is 10.1. The van der Waals surface area contributed by atoms with E-state index in [4.69, 9.17) is 4.74 Å². The van der Waals surface area contributed by atoms with Gasteiger partial charge in [-0.2, -0.15) is 0 Å². The second-order valence-electron chi connectivity index (χ2n) is 7.09. The van der Waals surface area contributed by atoms with E-state index >= 15 is 0 Å². The molecule has 146 valence electrons. The van der Waals surface area contributed by atoms with Crippen molar-refractivity contribution in [2.45, 2.75) is 6.54 Å². The van der Waals surface area contributed by atoms with Crippen molar-refractivity contribution in [3.63, 3.8) is 0 Å². The highest BCUT2D eigenvalue weighted by molar-refractivity contribution is 7.17. The van der Waals surface area contributed by atoms with Crippen molar-refractivity contribution in [1.29, 1.82) is 0 Å². The number of hydrogen-bond acceptors (Lipinski definition) is 5. The van der Waals surface area contributed by atoms with Crippen LogP contribution in [0.15, 0.2) is 53.9 Å². The van der Waals surface area contributed by atoms with Crippen LogP contribution in [-0.4, -0.2) is 55.5 Å². The van der Waals surface area contributed by atoms with Crippen LogP contribution in [0.1, 0.15) is 5.56 Å². The van der Waals surface area contributed by atoms with Gasteiger partial charge in [0.2, 0.25) is 5.91 Å². The highest BCUT2D eigenvalue weighted by Crippen LogP contribution is 2.27. The fourth-order valence-corrected chi connectivity index (χ4v) is 4.56. The van der Waals surface area contributed by atoms with Gasteiger partial charge in [0.05, 0.1) is 13.7 Å². The van der Waals surface area contributed by atoms with Crippen LogP contribution in [0.4, 0.5) is 5.69 Å². The van der Waals surface area contributed by atoms with Crippen LogP contribution in [0, 0.1) is 0 Å². The summed E-state index contributed by atoms with van der Waals surface area (Å²) in [6.07, 6.45) is 0. The summed E-state index contributed by atoms with van der Waals surface area (Å²) in [7, 11) is 1.62. The Morgan fingerprint density at radius 1 is 1.07 bits per heavy atom. The first kappa shape index (κ1) is 18.9. The predicted molar refractivity (Wildman–Crippen MR) is 115 cm³/mol. The first-order valence-electron chi connectivity index (χ1n) is 9.55. The molecule has 0 saturated carbocycles. The predicted octanol–water partition coefficient (Wildman–Crippen LogP) is 3.67. The van der Waals surface area contributed by atoms with Gasteiger partial charge in [0, 0.05) is 49.2 Å². The fraction of sp³-hybridized carbons (Fsp3) is 0.318. The topological polar surface area (TPSA) is 44.8 Å². The summed E-state index contributed by atoms with van der Waals surface area (Å²) in [6.45, 7) is 5.19. The molecule has 0 aliphatic carbocycles. The molecule has 0 atom stereocenters. The molecule has 2 aromatic carbocycles. The number of hydrogen-bond donors (Lipinski definition) is 1. The van der Waals surface area contributed by atoms with Gasteiger partial charge in [-0.3, -0.25) is 14.6 Å². The number of amides is 1. The SMILES string of the molecule is COc1cccc(NC(=O)CN2CCN(Cc3csc4ccccc34)CC2)c1. The Morgan fingerprint density at radius 3 is 2.68 bits per heavy atom. The molecule has 1 aliphatic heterocycles. The smallest absolute Gasteiger partial charge is 0.238 e. The zero-order valence-electron chi connectivity index (χ0n) is 16.1. The molecule has 3 aromatic rings. The van der Waals surface area contributed by atoms with E-state index < -0.39 is 0 Å². The van der Waals surface area contributed by atoms with Crippen LogP contribution in [0.25, 0.3) is 10.1 Å². The second kappa shape index (κ2) is 8.73. The highest BCUT2D eigenvalue weighted by Gasteiger charge is 2.20. The Labute approximate surface area is 169 Å². The molecule has 2 heterocycles. The summed E-state index contributed by atoms with van der Waals surface area (Å²) < 4.78 is 6.55. The fourth-order valence-electron chi connectivity index (χ4n) is 3.61. The molecular formula is C22H25N3O2S. The minimum absolute atomic E-state index is 0.0190. The average molecular weight is 396 g/mol. The first-order chi connectivity index (χ1) is 13.7. The number of fused-ring (bicyclic) bond motifs is 1. The van der Waals surface area contributed by atoms with E-state index in [9.17, 15) is 4.79 Å². The van der Waals surface area contributed by atoms with Gasteiger partial charge in [-0.15, -0.1) is 11.3 Å². The molecule has 0 unspecified atom stereocenters. The van der Waals surface area contributed by atoms with Crippen LogP contribution in [-0.2, 0) is 11.3 Å². The van der Waals surface area contributed by atoms with Gasteiger partial charge in [-0.05, 0) is 34.5 Å². The summed E-state index contributed by atoms with van der Waals surface area (Å²) in [5.74, 6) is 0.762. The van der Waals surface area contributed by atoms with Crippen LogP contribution in [0.3, 0.4) is 0 Å². The monoisotopic (exact) mass is 395 g/mol. The molecule has 1 amide bonds. The minimum Gasteiger partial charge on any atom is -0.497 e. The van der Waals surface area contributed by atoms with E-state index in [1.54, 1.807) is 7.11 Å². The van der Waals surface area contributed by atoms with Gasteiger partial charge in [0.15, 0.2) is 0 Å². The lowest BCUT2D eigenvalue weighted by Crippen LogP contribution is -2.48. The Morgan fingerprint density at radius 2 is 1.86 bits per heavy atom. The maximum absolute atomic E-state index is 12.4. The number of nitrogens with zero attached hydrogens (tertiary/aromatic N) is 2. The number of piperazine rings is 1. The standard InChI is InChI=1S/C22H25N3O2S/c1-27-19-6-4-5-18(13-19)23-22(26)15-25-11-9-24(10-12-25)14-17-16-28-21-8-3-2-7-20(17)21/h2-8,13,16H,9-12,14-15H2,1H3,(H,23,26). The Bertz CT molecular complexity index is 948. The van der Waals surface area contributed by atoms with Crippen LogP contribution >= 0.6 is 11.3 Å². The van der Waals surface area contributed by atoms with Gasteiger partial charge in [0.1, 0.15) is 5.75 Å². The van der Waals surface area contributed by atoms with Crippen molar-refractivity contribution in [1.82, 2.24) is 9.80 Å². The summed E-state index contributed by atoms with van der Waals surface area (Å²) in [6, 6.07) is 16.1. The van der Waals surface area contributed by atoms with E-state index in [1.807, 2.05) is 35.6 Å². The second-order valence-corrected chi connectivity index (χ2v) is 8.00. The molecule has 0 bridgehead atoms. The van der Waals surface area contributed by atoms with E-state index in [2.05, 4.69) is 44.8 Å². The molecule has 4 rings (SSSR count). The highest BCUT2D eigenvalue weighted by atomic mass is 32.1. The third kappa shape index (κ3) is 4.52. The lowest BCUT2D eigenvalue weighted by Gasteiger charge is -2.34. The van der Waals surface area contributed by atoms with Crippen molar-refractivity contribution < 1.29 is 9.53 Å². The summed E-state index contributed by atoms with van der Waals surface area (Å²) in [5, 5.41) is 6.60. The van der Waals surface area contributed by atoms with Gasteiger partial charge >= 0.3 is 0 Å². The van der Waals surface area contributed by atoms with Crippen LogP contribution in [0.5, 0.6) is 5.75 Å². The van der Waals surface area contributed by atoms with Gasteiger partial charge < -0.3 is 10.1 Å². The average Bonchev–Trinajstić information content (AvgIpc) is 3.12. The molecule has 5 nitrogen and oxygen atoms in total. The maximum Gasteiger partial charge on any atom is 0.238 e. The summed E-state index contributed by atoms with van der Waals surface area (Å²) >= 11 is 1.82. The zero-order chi connectivity index (χ0) is 19.3. The molecule has 0 radical (unpaired) electrons. The zero-order valence-corrected chi connectivity index (χ0v) is 16.9. The Kier molecular flexibility index (Phi) is 5.90. The van der Waals surface area contributed by atoms with Crippen LogP contribution in [0.2, 0.25) is 0 Å². The number of carbonyl (C=O) groups excluding carboxylic acids is 1. The Balaban J connectivity index is 1.26. The number of nitrogens with one attached hydrogen (secondary N) is 1. The molecule has 1 aromatic heterocycles. The molecule has 28 heavy (non-hydrogen) atoms. The molecular weight excluding hydrogens is 370 g/mol. The van der Waals surface area contributed by atoms with E-state index in [0.717, 1.165) is 44.2 Å². The van der Waals surface area contributed by atoms with E-state index in [0.29, 0.717) is 6.54 Å². The molecule has 0 spiro atoms. The van der Waals surface area contributed by atoms with Crippen molar-refractivity contribution in [2.75, 3.05) is 45.2 Å². The number of ether oxygens (including phenoxy) is 1. The molecule has 1 aliphatic rings. The summed E-state index contributed by atoms with van der Waals surface area (Å²) in [4.78, 5) is 17.1. The molecule has 6 heteroatoms. The summed E-state index contributed by atoms with van der Waals surface area (Å²) in [5.41, 5.74) is 2.18. The number of thiophene rings is 1. The van der Waals surface area contributed by atoms with Crippen molar-refractivity contribution in [3.8, 4) is 5.75 Å². The molecule has 1 N–H and O–H groups in total. The minimum atomic E-state index is 0.0190.